The largest absolute Gasteiger partial charge is 0.380 e. The van der Waals surface area contributed by atoms with Crippen molar-refractivity contribution in [3.05, 3.63) is 34.9 Å². The lowest BCUT2D eigenvalue weighted by Crippen LogP contribution is -2.27. The molecule has 1 aliphatic carbocycles. The van der Waals surface area contributed by atoms with Crippen molar-refractivity contribution in [2.75, 3.05) is 7.11 Å². The van der Waals surface area contributed by atoms with Gasteiger partial charge in [0.15, 0.2) is 0 Å². The molecule has 1 aromatic rings. The summed E-state index contributed by atoms with van der Waals surface area (Å²) in [5, 5.41) is 0. The molecule has 2 N–H and O–H groups in total. The van der Waals surface area contributed by atoms with E-state index >= 15 is 0 Å². The molecule has 0 aromatic heterocycles. The Kier molecular flexibility index (Phi) is 2.85. The molecule has 2 nitrogen and oxygen atoms in total. The van der Waals surface area contributed by atoms with E-state index in [9.17, 15) is 0 Å². The fourth-order valence-electron chi connectivity index (χ4n) is 2.10. The summed E-state index contributed by atoms with van der Waals surface area (Å²) in [5.41, 5.74) is 10.1. The van der Waals surface area contributed by atoms with Crippen LogP contribution in [0.25, 0.3) is 0 Å². The van der Waals surface area contributed by atoms with Crippen molar-refractivity contribution in [3.63, 3.8) is 0 Å². The Bertz CT molecular complexity index is 322. The smallest absolute Gasteiger partial charge is 0.0713 e. The van der Waals surface area contributed by atoms with Gasteiger partial charge in [-0.2, -0.15) is 0 Å². The third kappa shape index (κ3) is 1.97. The summed E-state index contributed by atoms with van der Waals surface area (Å²) in [6.07, 6.45) is 3.27. The highest BCUT2D eigenvalue weighted by Crippen LogP contribution is 2.21. The minimum absolute atomic E-state index is 0.347. The van der Waals surface area contributed by atoms with Crippen molar-refractivity contribution >= 4 is 0 Å². The highest BCUT2D eigenvalue weighted by atomic mass is 16.5. The minimum atomic E-state index is 0.347. The first-order valence-corrected chi connectivity index (χ1v) is 5.15. The number of ether oxygens (including phenoxy) is 1. The van der Waals surface area contributed by atoms with Crippen LogP contribution in [-0.4, -0.2) is 13.2 Å². The summed E-state index contributed by atoms with van der Waals surface area (Å²) in [5.74, 6) is 0. The van der Waals surface area contributed by atoms with Gasteiger partial charge in [-0.25, -0.2) is 0 Å². The predicted octanol–water partition coefficient (Wildman–Crippen LogP) is 1.65. The van der Waals surface area contributed by atoms with E-state index in [1.54, 1.807) is 7.11 Å². The van der Waals surface area contributed by atoms with Gasteiger partial charge in [0.25, 0.3) is 0 Å². The van der Waals surface area contributed by atoms with Gasteiger partial charge in [0, 0.05) is 13.2 Å². The molecule has 2 heteroatoms. The number of methoxy groups -OCH3 is 1. The van der Waals surface area contributed by atoms with Gasteiger partial charge < -0.3 is 10.5 Å². The molecule has 1 atom stereocenters. The van der Waals surface area contributed by atoms with E-state index in [2.05, 4.69) is 18.2 Å². The number of hydrogen-bond acceptors (Lipinski definition) is 2. The summed E-state index contributed by atoms with van der Waals surface area (Å²) < 4.78 is 5.11. The fourth-order valence-corrected chi connectivity index (χ4v) is 2.10. The van der Waals surface area contributed by atoms with E-state index in [0.717, 1.165) is 19.3 Å². The van der Waals surface area contributed by atoms with Gasteiger partial charge in [-0.1, -0.05) is 18.2 Å². The molecule has 0 saturated heterocycles. The van der Waals surface area contributed by atoms with Crippen LogP contribution >= 0.6 is 0 Å². The average Bonchev–Trinajstić information content (AvgIpc) is 2.17. The number of benzene rings is 1. The van der Waals surface area contributed by atoms with Crippen LogP contribution in [0, 0.1) is 0 Å². The molecular weight excluding hydrogens is 174 g/mol. The SMILES string of the molecule is COCc1ccc2c(c1)CC(N)CC2. The van der Waals surface area contributed by atoms with Crippen LogP contribution < -0.4 is 5.73 Å². The third-order valence-electron chi connectivity index (χ3n) is 2.85. The molecule has 0 heterocycles. The van der Waals surface area contributed by atoms with Crippen LogP contribution in [0.1, 0.15) is 23.1 Å². The topological polar surface area (TPSA) is 35.2 Å². The van der Waals surface area contributed by atoms with Gasteiger partial charge in [0.2, 0.25) is 0 Å². The molecule has 0 bridgehead atoms. The van der Waals surface area contributed by atoms with Crippen LogP contribution in [-0.2, 0) is 24.2 Å². The highest BCUT2D eigenvalue weighted by molar-refractivity contribution is 5.34. The normalized spacial score (nSPS) is 20.6. The van der Waals surface area contributed by atoms with Gasteiger partial charge in [0.1, 0.15) is 0 Å². The van der Waals surface area contributed by atoms with Crippen molar-refractivity contribution in [2.45, 2.75) is 31.9 Å². The third-order valence-corrected chi connectivity index (χ3v) is 2.85. The van der Waals surface area contributed by atoms with Crippen LogP contribution in [0.3, 0.4) is 0 Å². The lowest BCUT2D eigenvalue weighted by atomic mass is 9.88. The maximum Gasteiger partial charge on any atom is 0.0713 e. The van der Waals surface area contributed by atoms with Crippen LogP contribution in [0.15, 0.2) is 18.2 Å². The lowest BCUT2D eigenvalue weighted by Gasteiger charge is -2.21. The van der Waals surface area contributed by atoms with E-state index in [4.69, 9.17) is 10.5 Å². The Hall–Kier alpha value is -0.860. The maximum atomic E-state index is 5.94. The fraction of sp³-hybridized carbons (Fsp3) is 0.500. The summed E-state index contributed by atoms with van der Waals surface area (Å²) in [6, 6.07) is 6.95. The molecule has 0 amide bonds. The molecule has 0 aliphatic heterocycles. The van der Waals surface area contributed by atoms with E-state index in [1.807, 2.05) is 0 Å². The Morgan fingerprint density at radius 3 is 3.07 bits per heavy atom. The Balaban J connectivity index is 2.24. The standard InChI is InChI=1S/C12H17NO/c1-14-8-9-2-3-10-4-5-12(13)7-11(10)6-9/h2-3,6,12H,4-5,7-8,13H2,1H3. The first-order chi connectivity index (χ1) is 6.79. The minimum Gasteiger partial charge on any atom is -0.380 e. The molecule has 0 saturated carbocycles. The van der Waals surface area contributed by atoms with Gasteiger partial charge in [0.05, 0.1) is 6.61 Å². The van der Waals surface area contributed by atoms with Gasteiger partial charge in [-0.3, -0.25) is 0 Å². The Morgan fingerprint density at radius 2 is 2.29 bits per heavy atom. The van der Waals surface area contributed by atoms with Crippen molar-refractivity contribution in [2.24, 2.45) is 5.73 Å². The number of fused-ring (bicyclic) bond motifs is 1. The molecule has 1 unspecified atom stereocenters. The Labute approximate surface area is 85.1 Å². The van der Waals surface area contributed by atoms with Crippen molar-refractivity contribution in [1.29, 1.82) is 0 Å². The second kappa shape index (κ2) is 4.11. The van der Waals surface area contributed by atoms with E-state index < -0.39 is 0 Å². The molecular formula is C12H17NO. The van der Waals surface area contributed by atoms with Crippen molar-refractivity contribution < 1.29 is 4.74 Å². The zero-order valence-electron chi connectivity index (χ0n) is 8.62. The second-order valence-corrected chi connectivity index (χ2v) is 4.04. The summed E-state index contributed by atoms with van der Waals surface area (Å²) in [6.45, 7) is 0.697. The zero-order chi connectivity index (χ0) is 9.97. The number of aryl methyl sites for hydroxylation is 1. The van der Waals surface area contributed by atoms with Crippen LogP contribution in [0.2, 0.25) is 0 Å². The van der Waals surface area contributed by atoms with Crippen LogP contribution in [0.4, 0.5) is 0 Å². The molecule has 0 spiro atoms. The number of hydrogen-bond donors (Lipinski definition) is 1. The molecule has 76 valence electrons. The number of rotatable bonds is 2. The summed E-state index contributed by atoms with van der Waals surface area (Å²) >= 11 is 0. The first-order valence-electron chi connectivity index (χ1n) is 5.15. The van der Waals surface area contributed by atoms with E-state index in [1.165, 1.54) is 16.7 Å². The van der Waals surface area contributed by atoms with Gasteiger partial charge in [-0.05, 0) is 36.0 Å². The predicted molar refractivity (Wildman–Crippen MR) is 57.2 cm³/mol. The maximum absolute atomic E-state index is 5.94. The first kappa shape index (κ1) is 9.69. The van der Waals surface area contributed by atoms with E-state index in [0.29, 0.717) is 12.6 Å². The molecule has 0 fully saturated rings. The molecule has 1 aliphatic rings. The van der Waals surface area contributed by atoms with Crippen LogP contribution in [0.5, 0.6) is 0 Å². The number of nitrogens with two attached hydrogens (primary N) is 1. The lowest BCUT2D eigenvalue weighted by molar-refractivity contribution is 0.185. The molecule has 1 aromatic carbocycles. The summed E-state index contributed by atoms with van der Waals surface area (Å²) in [4.78, 5) is 0. The van der Waals surface area contributed by atoms with Crippen molar-refractivity contribution in [1.82, 2.24) is 0 Å². The molecule has 14 heavy (non-hydrogen) atoms. The van der Waals surface area contributed by atoms with Crippen molar-refractivity contribution in [3.8, 4) is 0 Å². The Morgan fingerprint density at radius 1 is 1.43 bits per heavy atom. The average molecular weight is 191 g/mol. The van der Waals surface area contributed by atoms with E-state index in [-0.39, 0.29) is 0 Å². The summed E-state index contributed by atoms with van der Waals surface area (Å²) in [7, 11) is 1.73. The quantitative estimate of drug-likeness (QED) is 0.771. The molecule has 2 rings (SSSR count). The monoisotopic (exact) mass is 191 g/mol. The van der Waals surface area contributed by atoms with Gasteiger partial charge in [-0.15, -0.1) is 0 Å². The second-order valence-electron chi connectivity index (χ2n) is 4.04. The zero-order valence-corrected chi connectivity index (χ0v) is 8.62. The van der Waals surface area contributed by atoms with Gasteiger partial charge >= 0.3 is 0 Å². The molecule has 0 radical (unpaired) electrons. The highest BCUT2D eigenvalue weighted by Gasteiger charge is 2.15.